The van der Waals surface area contributed by atoms with Gasteiger partial charge in [-0.3, -0.25) is 19.8 Å². The number of piperidine rings is 1. The summed E-state index contributed by atoms with van der Waals surface area (Å²) in [6, 6.07) is 3.61. The number of halogens is 2. The van der Waals surface area contributed by atoms with E-state index in [0.717, 1.165) is 6.07 Å². The van der Waals surface area contributed by atoms with E-state index in [1.165, 1.54) is 12.1 Å². The molecule has 1 aliphatic rings. The van der Waals surface area contributed by atoms with Crippen LogP contribution in [-0.4, -0.2) is 34.0 Å². The monoisotopic (exact) mass is 318 g/mol. The van der Waals surface area contributed by atoms with Crippen LogP contribution in [0.5, 0.6) is 0 Å². The first kappa shape index (κ1) is 17.3. The molecule has 21 heavy (non-hydrogen) atoms. The Morgan fingerprint density at radius 3 is 2.52 bits per heavy atom. The molecule has 8 heteroatoms. The molecule has 1 saturated heterocycles. The normalized spacial score (nSPS) is 16.2. The highest BCUT2D eigenvalue weighted by molar-refractivity contribution is 5.85. The summed E-state index contributed by atoms with van der Waals surface area (Å²) in [5.41, 5.74) is 0.125. The number of likely N-dealkylation sites (tertiary alicyclic amines) is 1. The van der Waals surface area contributed by atoms with E-state index in [9.17, 15) is 19.3 Å². The third-order valence-electron chi connectivity index (χ3n) is 3.58. The molecule has 1 aromatic rings. The Morgan fingerprint density at radius 2 is 2.05 bits per heavy atom. The summed E-state index contributed by atoms with van der Waals surface area (Å²) >= 11 is 0. The smallest absolute Gasteiger partial charge is 0.306 e. The lowest BCUT2D eigenvalue weighted by Gasteiger charge is -2.30. The summed E-state index contributed by atoms with van der Waals surface area (Å²) in [6.07, 6.45) is 1.09. The number of carboxylic acids is 1. The number of aliphatic carboxylic acids is 1. The quantitative estimate of drug-likeness (QED) is 0.681. The highest BCUT2D eigenvalue weighted by atomic mass is 35.5. The van der Waals surface area contributed by atoms with Gasteiger partial charge in [0.2, 0.25) is 0 Å². The molecule has 0 spiro atoms. The van der Waals surface area contributed by atoms with Crippen molar-refractivity contribution in [3.63, 3.8) is 0 Å². The van der Waals surface area contributed by atoms with Gasteiger partial charge in [0.1, 0.15) is 5.82 Å². The highest BCUT2D eigenvalue weighted by Crippen LogP contribution is 2.22. The molecule has 0 unspecified atom stereocenters. The number of nitro groups is 1. The second kappa shape index (κ2) is 7.33. The third-order valence-corrected chi connectivity index (χ3v) is 3.58. The van der Waals surface area contributed by atoms with E-state index in [0.29, 0.717) is 38.0 Å². The number of nitro benzene ring substituents is 1. The molecule has 0 saturated carbocycles. The van der Waals surface area contributed by atoms with Crippen LogP contribution in [0.3, 0.4) is 0 Å². The standard InChI is InChI=1S/C13H15FN2O4.ClH/c14-12-7-11(16(19)20)2-1-10(12)8-15-5-3-9(4-6-15)13(17)18;/h1-2,7,9H,3-6,8H2,(H,17,18);1H. The first-order valence-electron chi connectivity index (χ1n) is 6.35. The van der Waals surface area contributed by atoms with E-state index in [1.54, 1.807) is 0 Å². The predicted molar refractivity (Wildman–Crippen MR) is 75.9 cm³/mol. The molecule has 1 N–H and O–H groups in total. The Bertz CT molecular complexity index is 533. The molecule has 1 heterocycles. The summed E-state index contributed by atoms with van der Waals surface area (Å²) in [5.74, 6) is -1.71. The maximum Gasteiger partial charge on any atom is 0.306 e. The van der Waals surface area contributed by atoms with Crippen molar-refractivity contribution < 1.29 is 19.2 Å². The number of benzene rings is 1. The van der Waals surface area contributed by atoms with Crippen LogP contribution in [0, 0.1) is 21.8 Å². The van der Waals surface area contributed by atoms with Crippen molar-refractivity contribution in [2.75, 3.05) is 13.1 Å². The molecule has 0 aliphatic carbocycles. The molecule has 1 aliphatic heterocycles. The van der Waals surface area contributed by atoms with Crippen LogP contribution in [0.1, 0.15) is 18.4 Å². The van der Waals surface area contributed by atoms with Crippen molar-refractivity contribution in [2.24, 2.45) is 5.92 Å². The Hall–Kier alpha value is -1.73. The first-order valence-corrected chi connectivity index (χ1v) is 6.35. The minimum absolute atomic E-state index is 0. The van der Waals surface area contributed by atoms with Gasteiger partial charge in [-0.2, -0.15) is 0 Å². The lowest BCUT2D eigenvalue weighted by molar-refractivity contribution is -0.385. The second-order valence-corrected chi connectivity index (χ2v) is 4.92. The molecule has 2 rings (SSSR count). The van der Waals surface area contributed by atoms with Crippen molar-refractivity contribution in [1.82, 2.24) is 4.90 Å². The fourth-order valence-corrected chi connectivity index (χ4v) is 2.36. The molecule has 6 nitrogen and oxygen atoms in total. The van der Waals surface area contributed by atoms with E-state index in [-0.39, 0.29) is 24.0 Å². The summed E-state index contributed by atoms with van der Waals surface area (Å²) in [4.78, 5) is 22.7. The van der Waals surface area contributed by atoms with Gasteiger partial charge in [0.15, 0.2) is 0 Å². The van der Waals surface area contributed by atoms with Crippen molar-refractivity contribution in [1.29, 1.82) is 0 Å². The zero-order valence-corrected chi connectivity index (χ0v) is 12.0. The fourth-order valence-electron chi connectivity index (χ4n) is 2.36. The number of nitrogens with zero attached hydrogens (tertiary/aromatic N) is 2. The molecule has 1 aromatic carbocycles. The average molecular weight is 319 g/mol. The minimum atomic E-state index is -0.786. The van der Waals surface area contributed by atoms with Gasteiger partial charge in [-0.1, -0.05) is 0 Å². The van der Waals surface area contributed by atoms with Crippen LogP contribution < -0.4 is 0 Å². The Labute approximate surface area is 127 Å². The molecule has 116 valence electrons. The maximum atomic E-state index is 13.7. The van der Waals surface area contributed by atoms with Crippen molar-refractivity contribution >= 4 is 24.1 Å². The van der Waals surface area contributed by atoms with Crippen LogP contribution >= 0.6 is 12.4 Å². The lowest BCUT2D eigenvalue weighted by atomic mass is 9.97. The summed E-state index contributed by atoms with van der Waals surface area (Å²) in [6.45, 7) is 1.52. The first-order chi connectivity index (χ1) is 9.47. The minimum Gasteiger partial charge on any atom is -0.481 e. The van der Waals surface area contributed by atoms with E-state index >= 15 is 0 Å². The number of non-ortho nitro benzene ring substituents is 1. The number of rotatable bonds is 4. The fraction of sp³-hybridized carbons (Fsp3) is 0.462. The SMILES string of the molecule is Cl.O=C(O)C1CCN(Cc2ccc([N+](=O)[O-])cc2F)CC1. The van der Waals surface area contributed by atoms with E-state index in [2.05, 4.69) is 0 Å². The van der Waals surface area contributed by atoms with Gasteiger partial charge in [0.25, 0.3) is 5.69 Å². The number of carboxylic acid groups (broad SMARTS) is 1. The predicted octanol–water partition coefficient (Wildman–Crippen LogP) is 2.45. The molecular formula is C13H16ClFN2O4. The van der Waals surface area contributed by atoms with Gasteiger partial charge in [-0.15, -0.1) is 12.4 Å². The number of hydrogen-bond acceptors (Lipinski definition) is 4. The van der Waals surface area contributed by atoms with Crippen LogP contribution in [-0.2, 0) is 11.3 Å². The van der Waals surface area contributed by atoms with Crippen LogP contribution in [0.2, 0.25) is 0 Å². The molecule has 0 bridgehead atoms. The van der Waals surface area contributed by atoms with Gasteiger partial charge in [-0.05, 0) is 32.0 Å². The van der Waals surface area contributed by atoms with E-state index < -0.39 is 16.7 Å². The summed E-state index contributed by atoms with van der Waals surface area (Å²) in [5, 5.41) is 19.4. The Morgan fingerprint density at radius 1 is 1.43 bits per heavy atom. The topological polar surface area (TPSA) is 83.7 Å². The zero-order valence-electron chi connectivity index (χ0n) is 11.2. The third kappa shape index (κ3) is 4.37. The van der Waals surface area contributed by atoms with E-state index in [1.807, 2.05) is 4.90 Å². The lowest BCUT2D eigenvalue weighted by Crippen LogP contribution is -2.36. The van der Waals surface area contributed by atoms with Crippen LogP contribution in [0.4, 0.5) is 10.1 Å². The Kier molecular flexibility index (Phi) is 6.04. The van der Waals surface area contributed by atoms with Crippen molar-refractivity contribution in [3.8, 4) is 0 Å². The highest BCUT2D eigenvalue weighted by Gasteiger charge is 2.25. The molecule has 0 atom stereocenters. The van der Waals surface area contributed by atoms with Gasteiger partial charge in [-0.25, -0.2) is 4.39 Å². The maximum absolute atomic E-state index is 13.7. The van der Waals surface area contributed by atoms with Gasteiger partial charge < -0.3 is 5.11 Å². The van der Waals surface area contributed by atoms with Crippen molar-refractivity contribution in [2.45, 2.75) is 19.4 Å². The molecule has 1 fully saturated rings. The van der Waals surface area contributed by atoms with Gasteiger partial charge in [0.05, 0.1) is 16.9 Å². The zero-order chi connectivity index (χ0) is 14.7. The molecular weight excluding hydrogens is 303 g/mol. The van der Waals surface area contributed by atoms with Crippen LogP contribution in [0.15, 0.2) is 18.2 Å². The van der Waals surface area contributed by atoms with Gasteiger partial charge in [0, 0.05) is 18.2 Å². The summed E-state index contributed by atoms with van der Waals surface area (Å²) in [7, 11) is 0. The average Bonchev–Trinajstić information content (AvgIpc) is 2.41. The summed E-state index contributed by atoms with van der Waals surface area (Å²) < 4.78 is 13.7. The number of hydrogen-bond donors (Lipinski definition) is 1. The van der Waals surface area contributed by atoms with Gasteiger partial charge >= 0.3 is 5.97 Å². The Balaban J connectivity index is 0.00000220. The molecule has 0 radical (unpaired) electrons. The van der Waals surface area contributed by atoms with Crippen molar-refractivity contribution in [3.05, 3.63) is 39.7 Å². The van der Waals surface area contributed by atoms with Crippen LogP contribution in [0.25, 0.3) is 0 Å². The second-order valence-electron chi connectivity index (χ2n) is 4.92. The molecule has 0 amide bonds. The molecule has 0 aromatic heterocycles. The number of carbonyl (C=O) groups is 1. The van der Waals surface area contributed by atoms with E-state index in [4.69, 9.17) is 5.11 Å². The largest absolute Gasteiger partial charge is 0.481 e.